The molecule has 0 spiro atoms. The molecule has 1 unspecified atom stereocenters. The number of β-amino-alcohol motifs (C(OH)–C–C–N with tert-alkyl or cyclic N) is 1. The summed E-state index contributed by atoms with van der Waals surface area (Å²) < 4.78 is 0. The highest BCUT2D eigenvalue weighted by atomic mass is 16.4. The van der Waals surface area contributed by atoms with Crippen molar-refractivity contribution in [1.29, 1.82) is 0 Å². The van der Waals surface area contributed by atoms with E-state index in [1.165, 1.54) is 0 Å². The summed E-state index contributed by atoms with van der Waals surface area (Å²) in [6, 6.07) is -0.343. The molecule has 0 saturated carbocycles. The Kier molecular flexibility index (Phi) is 6.23. The fourth-order valence-corrected chi connectivity index (χ4v) is 2.64. The Labute approximate surface area is 116 Å². The first kappa shape index (κ1) is 16.4. The highest BCUT2D eigenvalue weighted by Gasteiger charge is 2.29. The Hall–Kier alpha value is -0.650. The number of rotatable bonds is 7. The predicted octanol–water partition coefficient (Wildman–Crippen LogP) is 1.02. The first-order chi connectivity index (χ1) is 8.83. The van der Waals surface area contributed by atoms with Gasteiger partial charge in [0.15, 0.2) is 0 Å². The quantitative estimate of drug-likeness (QED) is 0.724. The van der Waals surface area contributed by atoms with Crippen molar-refractivity contribution in [3.05, 3.63) is 0 Å². The molecule has 5 heteroatoms. The lowest BCUT2D eigenvalue weighted by Gasteiger charge is -2.39. The SMILES string of the molecule is CCCCC(C(=O)O)N1CCN(CC(C)(C)O)CC1. The van der Waals surface area contributed by atoms with Crippen LogP contribution in [-0.4, -0.2) is 70.3 Å². The molecule has 2 N–H and O–H groups in total. The normalized spacial score (nSPS) is 20.4. The lowest BCUT2D eigenvalue weighted by Crippen LogP contribution is -2.54. The Bertz CT molecular complexity index is 281. The van der Waals surface area contributed by atoms with Gasteiger partial charge >= 0.3 is 5.97 Å². The van der Waals surface area contributed by atoms with Gasteiger partial charge in [-0.2, -0.15) is 0 Å². The van der Waals surface area contributed by atoms with Crippen LogP contribution >= 0.6 is 0 Å². The van der Waals surface area contributed by atoms with Crippen molar-refractivity contribution in [3.63, 3.8) is 0 Å². The van der Waals surface area contributed by atoms with Gasteiger partial charge in [0.1, 0.15) is 6.04 Å². The summed E-state index contributed by atoms with van der Waals surface area (Å²) in [6.07, 6.45) is 2.72. The topological polar surface area (TPSA) is 64.0 Å². The number of carboxylic acids is 1. The van der Waals surface area contributed by atoms with Crippen LogP contribution in [0.15, 0.2) is 0 Å². The average molecular weight is 272 g/mol. The number of hydrogen-bond donors (Lipinski definition) is 2. The zero-order valence-corrected chi connectivity index (χ0v) is 12.4. The molecule has 1 fully saturated rings. The lowest BCUT2D eigenvalue weighted by atomic mass is 10.1. The highest BCUT2D eigenvalue weighted by molar-refractivity contribution is 5.73. The van der Waals surface area contributed by atoms with Crippen molar-refractivity contribution in [1.82, 2.24) is 9.80 Å². The van der Waals surface area contributed by atoms with Gasteiger partial charge < -0.3 is 10.2 Å². The van der Waals surface area contributed by atoms with Crippen LogP contribution in [0.1, 0.15) is 40.0 Å². The van der Waals surface area contributed by atoms with Crippen molar-refractivity contribution < 1.29 is 15.0 Å². The Morgan fingerprint density at radius 3 is 2.26 bits per heavy atom. The summed E-state index contributed by atoms with van der Waals surface area (Å²) in [4.78, 5) is 15.6. The maximum atomic E-state index is 11.3. The molecular weight excluding hydrogens is 244 g/mol. The van der Waals surface area contributed by atoms with Crippen LogP contribution in [0, 0.1) is 0 Å². The van der Waals surface area contributed by atoms with Gasteiger partial charge in [-0.3, -0.25) is 14.6 Å². The van der Waals surface area contributed by atoms with E-state index in [2.05, 4.69) is 16.7 Å². The number of aliphatic hydroxyl groups is 1. The minimum atomic E-state index is -0.704. The summed E-state index contributed by atoms with van der Waals surface area (Å²) in [5.41, 5.74) is -0.684. The Balaban J connectivity index is 2.44. The highest BCUT2D eigenvalue weighted by Crippen LogP contribution is 2.14. The third kappa shape index (κ3) is 5.89. The standard InChI is InChI=1S/C14H28N2O3/c1-4-5-6-12(13(17)18)16-9-7-15(8-10-16)11-14(2,3)19/h12,19H,4-11H2,1-3H3,(H,17,18). The number of hydrogen-bond acceptors (Lipinski definition) is 4. The fourth-order valence-electron chi connectivity index (χ4n) is 2.64. The zero-order valence-electron chi connectivity index (χ0n) is 12.4. The number of aliphatic carboxylic acids is 1. The minimum absolute atomic E-state index is 0.343. The molecule has 112 valence electrons. The lowest BCUT2D eigenvalue weighted by molar-refractivity contribution is -0.144. The molecule has 1 aliphatic heterocycles. The van der Waals surface area contributed by atoms with Gasteiger partial charge in [-0.1, -0.05) is 19.8 Å². The molecular formula is C14H28N2O3. The molecule has 1 atom stereocenters. The van der Waals surface area contributed by atoms with Crippen LogP contribution in [0.4, 0.5) is 0 Å². The predicted molar refractivity (Wildman–Crippen MR) is 75.3 cm³/mol. The molecule has 1 rings (SSSR count). The molecule has 0 aromatic carbocycles. The van der Waals surface area contributed by atoms with Crippen LogP contribution in [-0.2, 0) is 4.79 Å². The molecule has 0 radical (unpaired) electrons. The van der Waals surface area contributed by atoms with Gasteiger partial charge in [0, 0.05) is 32.7 Å². The van der Waals surface area contributed by atoms with Crippen molar-refractivity contribution in [2.45, 2.75) is 51.7 Å². The van der Waals surface area contributed by atoms with Crippen molar-refractivity contribution in [2.75, 3.05) is 32.7 Å². The molecule has 1 heterocycles. The van der Waals surface area contributed by atoms with E-state index < -0.39 is 11.6 Å². The summed E-state index contributed by atoms with van der Waals surface area (Å²) in [5, 5.41) is 19.1. The molecule has 0 aromatic rings. The van der Waals surface area contributed by atoms with Crippen LogP contribution in [0.5, 0.6) is 0 Å². The maximum Gasteiger partial charge on any atom is 0.320 e. The van der Waals surface area contributed by atoms with E-state index in [9.17, 15) is 15.0 Å². The van der Waals surface area contributed by atoms with Gasteiger partial charge in [0.05, 0.1) is 5.60 Å². The van der Waals surface area contributed by atoms with E-state index in [1.54, 1.807) is 13.8 Å². The minimum Gasteiger partial charge on any atom is -0.480 e. The molecule has 5 nitrogen and oxygen atoms in total. The molecule has 0 amide bonds. The van der Waals surface area contributed by atoms with Crippen LogP contribution in [0.2, 0.25) is 0 Å². The summed E-state index contributed by atoms with van der Waals surface area (Å²) in [5.74, 6) is -0.704. The smallest absolute Gasteiger partial charge is 0.320 e. The molecule has 0 aliphatic carbocycles. The molecule has 0 bridgehead atoms. The number of carboxylic acid groups (broad SMARTS) is 1. The van der Waals surface area contributed by atoms with Crippen LogP contribution in [0.25, 0.3) is 0 Å². The van der Waals surface area contributed by atoms with E-state index >= 15 is 0 Å². The number of unbranched alkanes of at least 4 members (excludes halogenated alkanes) is 1. The number of carbonyl (C=O) groups is 1. The molecule has 1 saturated heterocycles. The summed E-state index contributed by atoms with van der Waals surface area (Å²) in [7, 11) is 0. The van der Waals surface area contributed by atoms with Crippen molar-refractivity contribution >= 4 is 5.97 Å². The van der Waals surface area contributed by atoms with E-state index in [1.807, 2.05) is 0 Å². The van der Waals surface area contributed by atoms with Crippen LogP contribution in [0.3, 0.4) is 0 Å². The largest absolute Gasteiger partial charge is 0.480 e. The van der Waals surface area contributed by atoms with Crippen LogP contribution < -0.4 is 0 Å². The van der Waals surface area contributed by atoms with Crippen molar-refractivity contribution in [2.24, 2.45) is 0 Å². The monoisotopic (exact) mass is 272 g/mol. The van der Waals surface area contributed by atoms with Gasteiger partial charge in [-0.25, -0.2) is 0 Å². The second-order valence-corrected chi connectivity index (χ2v) is 6.12. The summed E-state index contributed by atoms with van der Waals surface area (Å²) >= 11 is 0. The Morgan fingerprint density at radius 2 is 1.84 bits per heavy atom. The van der Waals surface area contributed by atoms with Gasteiger partial charge in [0.2, 0.25) is 0 Å². The van der Waals surface area contributed by atoms with E-state index in [0.717, 1.165) is 45.4 Å². The third-order valence-electron chi connectivity index (χ3n) is 3.57. The maximum absolute atomic E-state index is 11.3. The molecule has 19 heavy (non-hydrogen) atoms. The average Bonchev–Trinajstić information content (AvgIpc) is 2.29. The first-order valence-corrected chi connectivity index (χ1v) is 7.25. The van der Waals surface area contributed by atoms with Gasteiger partial charge in [0.25, 0.3) is 0 Å². The third-order valence-corrected chi connectivity index (χ3v) is 3.57. The molecule has 0 aromatic heterocycles. The zero-order chi connectivity index (χ0) is 14.5. The second-order valence-electron chi connectivity index (χ2n) is 6.12. The second kappa shape index (κ2) is 7.22. The number of nitrogens with zero attached hydrogens (tertiary/aromatic N) is 2. The van der Waals surface area contributed by atoms with Gasteiger partial charge in [-0.05, 0) is 20.3 Å². The first-order valence-electron chi connectivity index (χ1n) is 7.25. The van der Waals surface area contributed by atoms with E-state index in [-0.39, 0.29) is 6.04 Å². The molecule has 1 aliphatic rings. The van der Waals surface area contributed by atoms with E-state index in [4.69, 9.17) is 0 Å². The fraction of sp³-hybridized carbons (Fsp3) is 0.929. The van der Waals surface area contributed by atoms with Crippen molar-refractivity contribution in [3.8, 4) is 0 Å². The number of piperazine rings is 1. The Morgan fingerprint density at radius 1 is 1.26 bits per heavy atom. The van der Waals surface area contributed by atoms with Gasteiger partial charge in [-0.15, -0.1) is 0 Å². The summed E-state index contributed by atoms with van der Waals surface area (Å²) in [6.45, 7) is 9.56. The van der Waals surface area contributed by atoms with E-state index in [0.29, 0.717) is 6.54 Å².